The largest absolute Gasteiger partial charge is 0.482 e. The van der Waals surface area contributed by atoms with Crippen LogP contribution in [0.3, 0.4) is 0 Å². The van der Waals surface area contributed by atoms with Gasteiger partial charge >= 0.3 is 5.97 Å². The summed E-state index contributed by atoms with van der Waals surface area (Å²) >= 11 is 3.47. The van der Waals surface area contributed by atoms with E-state index in [4.69, 9.17) is 15.3 Å². The van der Waals surface area contributed by atoms with E-state index in [2.05, 4.69) is 26.1 Å². The number of pyridine rings is 1. The minimum atomic E-state index is -0.651. The molecule has 2 aromatic rings. The van der Waals surface area contributed by atoms with Crippen molar-refractivity contribution in [1.82, 2.24) is 4.98 Å². The van der Waals surface area contributed by atoms with Crippen molar-refractivity contribution in [1.29, 1.82) is 0 Å². The van der Waals surface area contributed by atoms with Gasteiger partial charge in [0.15, 0.2) is 12.4 Å². The molecule has 0 aliphatic carbocycles. The van der Waals surface area contributed by atoms with Crippen molar-refractivity contribution in [2.45, 2.75) is 13.8 Å². The Labute approximate surface area is 142 Å². The number of carbonyl (C=O) groups is 1. The Hall–Kier alpha value is -2.41. The average molecular weight is 378 g/mol. The summed E-state index contributed by atoms with van der Waals surface area (Å²) in [5, 5.41) is 3.55. The summed E-state index contributed by atoms with van der Waals surface area (Å²) in [5.41, 5.74) is 8.14. The van der Waals surface area contributed by atoms with E-state index in [-0.39, 0.29) is 12.4 Å². The van der Waals surface area contributed by atoms with Crippen LogP contribution in [-0.4, -0.2) is 23.4 Å². The van der Waals surface area contributed by atoms with Crippen LogP contribution in [0.2, 0.25) is 0 Å². The number of hydrogen-bond donors (Lipinski definition) is 1. The lowest BCUT2D eigenvalue weighted by molar-refractivity contribution is -0.146. The Morgan fingerprint density at radius 2 is 2.00 bits per heavy atom. The first-order valence-corrected chi connectivity index (χ1v) is 7.61. The zero-order chi connectivity index (χ0) is 16.8. The van der Waals surface area contributed by atoms with E-state index >= 15 is 0 Å². The fourth-order valence-corrected chi connectivity index (χ4v) is 2.05. The van der Waals surface area contributed by atoms with E-state index in [0.29, 0.717) is 11.4 Å². The van der Waals surface area contributed by atoms with Gasteiger partial charge in [-0.1, -0.05) is 27.2 Å². The molecule has 120 valence electrons. The van der Waals surface area contributed by atoms with Crippen molar-refractivity contribution >= 4 is 27.7 Å². The van der Waals surface area contributed by atoms with Crippen molar-refractivity contribution in [2.24, 2.45) is 10.9 Å². The molecule has 0 saturated carbocycles. The monoisotopic (exact) mass is 377 g/mol. The normalized spacial score (nSPS) is 11.2. The predicted octanol–water partition coefficient (Wildman–Crippen LogP) is 2.70. The molecule has 0 atom stereocenters. The van der Waals surface area contributed by atoms with Crippen molar-refractivity contribution < 1.29 is 14.4 Å². The first kappa shape index (κ1) is 17.0. The number of ether oxygens (including phenoxy) is 1. The van der Waals surface area contributed by atoms with Gasteiger partial charge < -0.3 is 15.3 Å². The van der Waals surface area contributed by atoms with Gasteiger partial charge in [-0.3, -0.25) is 4.98 Å². The number of benzene rings is 1. The third-order valence-electron chi connectivity index (χ3n) is 2.94. The topological polar surface area (TPSA) is 86.8 Å². The van der Waals surface area contributed by atoms with Crippen LogP contribution < -0.4 is 10.5 Å². The van der Waals surface area contributed by atoms with E-state index in [9.17, 15) is 4.79 Å². The average Bonchev–Trinajstić information content (AvgIpc) is 2.56. The number of oxime groups is 1. The molecule has 1 aromatic heterocycles. The SMILES string of the molecule is Cc1cc(OCC(=O)O/N=C(\N)c2ccccn2)cc(C)c1Br. The molecule has 23 heavy (non-hydrogen) atoms. The summed E-state index contributed by atoms with van der Waals surface area (Å²) in [6, 6.07) is 8.83. The molecule has 0 aliphatic heterocycles. The Kier molecular flexibility index (Phi) is 5.70. The number of aryl methyl sites for hydroxylation is 2. The molecule has 0 bridgehead atoms. The summed E-state index contributed by atoms with van der Waals surface area (Å²) in [4.78, 5) is 20.4. The van der Waals surface area contributed by atoms with Gasteiger partial charge in [0.05, 0.1) is 0 Å². The van der Waals surface area contributed by atoms with Crippen LogP contribution >= 0.6 is 15.9 Å². The number of rotatable bonds is 5. The van der Waals surface area contributed by atoms with Gasteiger partial charge in [-0.25, -0.2) is 4.79 Å². The molecule has 0 amide bonds. The lowest BCUT2D eigenvalue weighted by Gasteiger charge is -2.09. The van der Waals surface area contributed by atoms with Gasteiger partial charge in [0.2, 0.25) is 0 Å². The summed E-state index contributed by atoms with van der Waals surface area (Å²) < 4.78 is 6.42. The van der Waals surface area contributed by atoms with E-state index in [1.165, 1.54) is 0 Å². The zero-order valence-corrected chi connectivity index (χ0v) is 14.3. The number of nitrogens with two attached hydrogens (primary N) is 1. The fourth-order valence-electron chi connectivity index (χ4n) is 1.82. The van der Waals surface area contributed by atoms with Crippen molar-refractivity contribution in [3.05, 3.63) is 57.8 Å². The highest BCUT2D eigenvalue weighted by Crippen LogP contribution is 2.26. The van der Waals surface area contributed by atoms with Gasteiger partial charge in [-0.2, -0.15) is 0 Å². The summed E-state index contributed by atoms with van der Waals surface area (Å²) in [5.74, 6) is -0.0433. The molecule has 0 aliphatic rings. The molecule has 7 heteroatoms. The minimum Gasteiger partial charge on any atom is -0.482 e. The van der Waals surface area contributed by atoms with Crippen LogP contribution in [0.5, 0.6) is 5.75 Å². The quantitative estimate of drug-likeness (QED) is 0.374. The maximum atomic E-state index is 11.6. The highest BCUT2D eigenvalue weighted by molar-refractivity contribution is 9.10. The molecule has 2 N–H and O–H groups in total. The highest BCUT2D eigenvalue weighted by atomic mass is 79.9. The molecular formula is C16H16BrN3O3. The maximum Gasteiger partial charge on any atom is 0.372 e. The number of carbonyl (C=O) groups excluding carboxylic acids is 1. The van der Waals surface area contributed by atoms with Gasteiger partial charge in [0, 0.05) is 10.7 Å². The molecule has 0 saturated heterocycles. The Bertz CT molecular complexity index is 710. The Morgan fingerprint density at radius 3 is 2.61 bits per heavy atom. The smallest absolute Gasteiger partial charge is 0.372 e. The first-order chi connectivity index (χ1) is 11.0. The van der Waals surface area contributed by atoms with Crippen LogP contribution in [0.1, 0.15) is 16.8 Å². The molecule has 0 unspecified atom stereocenters. The lowest BCUT2D eigenvalue weighted by Crippen LogP contribution is -2.18. The predicted molar refractivity (Wildman–Crippen MR) is 90.2 cm³/mol. The molecular weight excluding hydrogens is 362 g/mol. The van der Waals surface area contributed by atoms with E-state index < -0.39 is 5.97 Å². The van der Waals surface area contributed by atoms with Gasteiger partial charge in [0.1, 0.15) is 11.4 Å². The second-order valence-electron chi connectivity index (χ2n) is 4.81. The number of nitrogens with zero attached hydrogens (tertiary/aromatic N) is 2. The molecule has 0 fully saturated rings. The number of hydrogen-bond acceptors (Lipinski definition) is 5. The van der Waals surface area contributed by atoms with Crippen LogP contribution in [-0.2, 0) is 9.63 Å². The maximum absolute atomic E-state index is 11.6. The summed E-state index contributed by atoms with van der Waals surface area (Å²) in [6.07, 6.45) is 1.57. The molecule has 2 rings (SSSR count). The van der Waals surface area contributed by atoms with Crippen molar-refractivity contribution in [3.8, 4) is 5.75 Å². The van der Waals surface area contributed by atoms with Crippen molar-refractivity contribution in [2.75, 3.05) is 6.61 Å². The standard InChI is InChI=1S/C16H16BrN3O3/c1-10-7-12(8-11(2)15(10)17)22-9-14(21)23-20-16(18)13-5-3-4-6-19-13/h3-8H,9H2,1-2H3,(H2,18,20). The third-order valence-corrected chi connectivity index (χ3v) is 4.19. The highest BCUT2D eigenvalue weighted by Gasteiger charge is 2.08. The Balaban J connectivity index is 1.91. The number of halogens is 1. The lowest BCUT2D eigenvalue weighted by atomic mass is 10.1. The molecule has 1 heterocycles. The third kappa shape index (κ3) is 4.79. The van der Waals surface area contributed by atoms with E-state index in [1.807, 2.05) is 26.0 Å². The Morgan fingerprint density at radius 1 is 1.30 bits per heavy atom. The molecule has 6 nitrogen and oxygen atoms in total. The van der Waals surface area contributed by atoms with Gasteiger partial charge in [-0.05, 0) is 49.2 Å². The van der Waals surface area contributed by atoms with E-state index in [0.717, 1.165) is 15.6 Å². The zero-order valence-electron chi connectivity index (χ0n) is 12.7. The van der Waals surface area contributed by atoms with Gasteiger partial charge in [-0.15, -0.1) is 0 Å². The number of amidine groups is 1. The fraction of sp³-hybridized carbons (Fsp3) is 0.188. The second kappa shape index (κ2) is 7.73. The van der Waals surface area contributed by atoms with Crippen LogP contribution in [0.4, 0.5) is 0 Å². The van der Waals surface area contributed by atoms with E-state index in [1.54, 1.807) is 24.4 Å². The number of aromatic nitrogens is 1. The minimum absolute atomic E-state index is 0.0225. The van der Waals surface area contributed by atoms with Crippen LogP contribution in [0.15, 0.2) is 46.2 Å². The first-order valence-electron chi connectivity index (χ1n) is 6.81. The second-order valence-corrected chi connectivity index (χ2v) is 5.61. The summed E-state index contributed by atoms with van der Waals surface area (Å²) in [7, 11) is 0. The molecule has 0 spiro atoms. The van der Waals surface area contributed by atoms with Crippen molar-refractivity contribution in [3.63, 3.8) is 0 Å². The van der Waals surface area contributed by atoms with Crippen LogP contribution in [0, 0.1) is 13.8 Å². The molecule has 1 aromatic carbocycles. The van der Waals surface area contributed by atoms with Crippen LogP contribution in [0.25, 0.3) is 0 Å². The molecule has 0 radical (unpaired) electrons. The van der Waals surface area contributed by atoms with Gasteiger partial charge in [0.25, 0.3) is 0 Å². The summed E-state index contributed by atoms with van der Waals surface area (Å²) in [6.45, 7) is 3.62.